The molecule has 0 radical (unpaired) electrons. The van der Waals surface area contributed by atoms with Crippen LogP contribution < -0.4 is 25.1 Å². The molecular formula is C40H40Cl3N5O7. The molecule has 2 N–H and O–H groups in total. The second-order valence-electron chi connectivity index (χ2n) is 14.2. The molecule has 55 heavy (non-hydrogen) atoms. The van der Waals surface area contributed by atoms with Gasteiger partial charge in [0.1, 0.15) is 17.2 Å². The van der Waals surface area contributed by atoms with Crippen LogP contribution in [0, 0.1) is 10.1 Å². The summed E-state index contributed by atoms with van der Waals surface area (Å²) in [4.78, 5) is 51.0. The third-order valence-electron chi connectivity index (χ3n) is 9.65. The van der Waals surface area contributed by atoms with Crippen molar-refractivity contribution in [3.8, 4) is 11.5 Å². The Hall–Kier alpha value is -5.17. The van der Waals surface area contributed by atoms with Gasteiger partial charge in [-0.25, -0.2) is 0 Å². The van der Waals surface area contributed by atoms with Crippen molar-refractivity contribution in [2.75, 3.05) is 16.9 Å². The highest BCUT2D eigenvalue weighted by atomic mass is 35.5. The van der Waals surface area contributed by atoms with E-state index in [1.165, 1.54) is 54.1 Å². The van der Waals surface area contributed by atoms with E-state index in [0.717, 1.165) is 23.4 Å². The highest BCUT2D eigenvalue weighted by Crippen LogP contribution is 2.40. The van der Waals surface area contributed by atoms with Gasteiger partial charge in [-0.3, -0.25) is 24.5 Å². The third kappa shape index (κ3) is 9.38. The topological polar surface area (TPSA) is 152 Å². The highest BCUT2D eigenvalue weighted by Gasteiger charge is 2.41. The molecule has 288 valence electrons. The van der Waals surface area contributed by atoms with E-state index >= 15 is 0 Å². The van der Waals surface area contributed by atoms with E-state index in [1.54, 1.807) is 12.1 Å². The summed E-state index contributed by atoms with van der Waals surface area (Å²) in [6.07, 6.45) is 0.316. The first-order chi connectivity index (χ1) is 25.9. The van der Waals surface area contributed by atoms with E-state index in [4.69, 9.17) is 44.3 Å². The minimum atomic E-state index is -1.52. The fourth-order valence-electron chi connectivity index (χ4n) is 5.58. The molecule has 1 aliphatic heterocycles. The monoisotopic (exact) mass is 807 g/mol. The number of nitrogens with zero attached hydrogens (tertiary/aromatic N) is 3. The first kappa shape index (κ1) is 41.0. The minimum Gasteiger partial charge on any atom is -0.483 e. The quantitative estimate of drug-likeness (QED) is 0.101. The molecule has 3 amide bonds. The number of nitro groups is 1. The molecule has 4 aromatic rings. The van der Waals surface area contributed by atoms with Gasteiger partial charge in [-0.05, 0) is 77.8 Å². The van der Waals surface area contributed by atoms with Crippen LogP contribution in [-0.2, 0) is 20.4 Å². The van der Waals surface area contributed by atoms with Crippen molar-refractivity contribution in [1.82, 2.24) is 5.32 Å². The normalized spacial score (nSPS) is 14.3. The molecule has 0 aliphatic carbocycles. The molecule has 0 saturated carbocycles. The van der Waals surface area contributed by atoms with Gasteiger partial charge in [-0.15, -0.1) is 5.10 Å². The molecule has 0 fully saturated rings. The number of carbonyl (C=O) groups is 3. The molecule has 12 nitrogen and oxygen atoms in total. The highest BCUT2D eigenvalue weighted by molar-refractivity contribution is 6.43. The van der Waals surface area contributed by atoms with Crippen LogP contribution in [0.3, 0.4) is 0 Å². The zero-order valence-corrected chi connectivity index (χ0v) is 33.3. The molecule has 15 heteroatoms. The summed E-state index contributed by atoms with van der Waals surface area (Å²) in [6, 6.07) is 20.0. The zero-order chi connectivity index (χ0) is 40.2. The van der Waals surface area contributed by atoms with Gasteiger partial charge >= 0.3 is 0 Å². The molecule has 1 aliphatic rings. The number of nitrogens with one attached hydrogen (secondary N) is 2. The SMILES string of the molecule is CCC(C)(C)c1ccc(OCC(=O)Nc2cccc(C(=O)NC3=NN(c4c(Cl)cc(Cl)cc4Cl)C(=O)C3Oc3ccc([N+](=O)[O-])cc3)c2)c(C(C)(C)CC)c1. The predicted octanol–water partition coefficient (Wildman–Crippen LogP) is 9.49. The summed E-state index contributed by atoms with van der Waals surface area (Å²) in [5, 5.41) is 22.0. The minimum absolute atomic E-state index is 0.00247. The fourth-order valence-corrected chi connectivity index (χ4v) is 6.56. The lowest BCUT2D eigenvalue weighted by Crippen LogP contribution is -2.44. The van der Waals surface area contributed by atoms with Crippen molar-refractivity contribution < 1.29 is 28.8 Å². The van der Waals surface area contributed by atoms with Gasteiger partial charge in [0.25, 0.3) is 23.4 Å². The number of anilines is 2. The van der Waals surface area contributed by atoms with Crippen LogP contribution in [0.1, 0.15) is 75.9 Å². The number of benzene rings is 4. The second kappa shape index (κ2) is 16.7. The van der Waals surface area contributed by atoms with Crippen molar-refractivity contribution in [1.29, 1.82) is 0 Å². The second-order valence-corrected chi connectivity index (χ2v) is 15.4. The lowest BCUT2D eigenvalue weighted by molar-refractivity contribution is -0.384. The summed E-state index contributed by atoms with van der Waals surface area (Å²) in [5.74, 6) is -1.41. The van der Waals surface area contributed by atoms with Gasteiger partial charge in [-0.1, -0.05) is 94.5 Å². The van der Waals surface area contributed by atoms with Crippen LogP contribution in [-0.4, -0.2) is 41.2 Å². The van der Waals surface area contributed by atoms with Gasteiger partial charge < -0.3 is 20.1 Å². The van der Waals surface area contributed by atoms with Gasteiger partial charge in [0, 0.05) is 34.0 Å². The molecule has 4 aromatic carbocycles. The predicted molar refractivity (Wildman–Crippen MR) is 215 cm³/mol. The molecule has 0 bridgehead atoms. The van der Waals surface area contributed by atoms with Crippen molar-refractivity contribution in [2.45, 2.75) is 71.3 Å². The Bertz CT molecular complexity index is 2150. The molecule has 5 rings (SSSR count). The maximum absolute atomic E-state index is 13.7. The standard InChI is InChI=1S/C40H40Cl3N5O7/c1-7-39(3,4)24-12-17-32(29(19-24)40(5,6)8-2)54-22-33(49)44-26-11-9-10-23(18-26)37(50)45-36-35(55-28-15-13-27(14-16-28)48(52)53)38(51)47(46-36)34-30(42)20-25(41)21-31(34)43/h9-21,35H,7-8,22H2,1-6H3,(H,44,49)(H,45,46,50). The van der Waals surface area contributed by atoms with Crippen molar-refractivity contribution in [2.24, 2.45) is 5.10 Å². The summed E-state index contributed by atoms with van der Waals surface area (Å²) >= 11 is 18.9. The number of halogens is 3. The Kier molecular flexibility index (Phi) is 12.4. The number of amidine groups is 1. The number of carbonyl (C=O) groups excluding carboxylic acids is 3. The number of ether oxygens (including phenoxy) is 2. The summed E-state index contributed by atoms with van der Waals surface area (Å²) in [7, 11) is 0. The first-order valence-electron chi connectivity index (χ1n) is 17.4. The number of hydrogen-bond acceptors (Lipinski definition) is 8. The van der Waals surface area contributed by atoms with Gasteiger partial charge in [0.2, 0.25) is 6.10 Å². The number of hydrogen-bond donors (Lipinski definition) is 2. The Morgan fingerprint density at radius 1 is 0.891 bits per heavy atom. The number of nitro benzene ring substituents is 1. The van der Waals surface area contributed by atoms with E-state index in [1.807, 2.05) is 12.1 Å². The van der Waals surface area contributed by atoms with Crippen LogP contribution in [0.4, 0.5) is 17.1 Å². The van der Waals surface area contributed by atoms with E-state index in [0.29, 0.717) is 11.4 Å². The van der Waals surface area contributed by atoms with E-state index in [-0.39, 0.29) is 61.0 Å². The smallest absolute Gasteiger partial charge is 0.296 e. The Morgan fingerprint density at radius 3 is 2.16 bits per heavy atom. The van der Waals surface area contributed by atoms with Crippen molar-refractivity contribution in [3.63, 3.8) is 0 Å². The van der Waals surface area contributed by atoms with Gasteiger partial charge in [0.15, 0.2) is 12.4 Å². The maximum atomic E-state index is 13.7. The number of amides is 3. The number of non-ortho nitro benzene ring substituents is 1. The lowest BCUT2D eigenvalue weighted by Gasteiger charge is -2.30. The Balaban J connectivity index is 1.34. The molecule has 0 saturated heterocycles. The van der Waals surface area contributed by atoms with Gasteiger partial charge in [-0.2, -0.15) is 5.01 Å². The molecule has 0 spiro atoms. The Labute approximate surface area is 333 Å². The molecule has 1 heterocycles. The van der Waals surface area contributed by atoms with Crippen molar-refractivity contribution in [3.05, 3.63) is 121 Å². The third-order valence-corrected chi connectivity index (χ3v) is 10.4. The fraction of sp³-hybridized carbons (Fsp3) is 0.300. The summed E-state index contributed by atoms with van der Waals surface area (Å²) < 4.78 is 12.0. The number of rotatable bonds is 13. The molecule has 1 unspecified atom stereocenters. The summed E-state index contributed by atoms with van der Waals surface area (Å²) in [6.45, 7) is 12.7. The molecule has 1 atom stereocenters. The lowest BCUT2D eigenvalue weighted by atomic mass is 9.76. The summed E-state index contributed by atoms with van der Waals surface area (Å²) in [5.41, 5.74) is 2.23. The molecule has 0 aromatic heterocycles. The first-order valence-corrected chi connectivity index (χ1v) is 18.5. The average molecular weight is 809 g/mol. The Morgan fingerprint density at radius 2 is 1.55 bits per heavy atom. The van der Waals surface area contributed by atoms with Crippen LogP contribution in [0.25, 0.3) is 0 Å². The average Bonchev–Trinajstić information content (AvgIpc) is 3.43. The van der Waals surface area contributed by atoms with E-state index in [2.05, 4.69) is 63.3 Å². The van der Waals surface area contributed by atoms with Crippen LogP contribution in [0.15, 0.2) is 84.0 Å². The van der Waals surface area contributed by atoms with Crippen LogP contribution in [0.5, 0.6) is 11.5 Å². The van der Waals surface area contributed by atoms with E-state index < -0.39 is 28.7 Å². The number of hydrazone groups is 1. The van der Waals surface area contributed by atoms with Crippen LogP contribution in [0.2, 0.25) is 15.1 Å². The zero-order valence-electron chi connectivity index (χ0n) is 31.0. The largest absolute Gasteiger partial charge is 0.483 e. The van der Waals surface area contributed by atoms with E-state index in [9.17, 15) is 24.5 Å². The van der Waals surface area contributed by atoms with Gasteiger partial charge in [0.05, 0.1) is 15.0 Å². The maximum Gasteiger partial charge on any atom is 0.296 e. The van der Waals surface area contributed by atoms with Crippen LogP contribution >= 0.6 is 34.8 Å². The van der Waals surface area contributed by atoms with Crippen molar-refractivity contribution >= 4 is 75.4 Å². The molecular weight excluding hydrogens is 769 g/mol.